The highest BCUT2D eigenvalue weighted by atomic mass is 16.5. The standard InChI is InChI=1S/C17H16O6/c1-8-13(20)6-14-9(2)17(8)23-16(21)7-15(22-14)11-5-10(18)3-4-12(11)19/h3-6,15,18-20H,7H2,1-2H3/t15-/m0/s1. The molecule has 0 aliphatic carbocycles. The first-order chi connectivity index (χ1) is 10.9. The number of hydrogen-bond acceptors (Lipinski definition) is 6. The van der Waals surface area contributed by atoms with Crippen molar-refractivity contribution in [3.8, 4) is 28.7 Å². The lowest BCUT2D eigenvalue weighted by molar-refractivity contribution is -0.136. The van der Waals surface area contributed by atoms with Gasteiger partial charge in [-0.25, -0.2) is 0 Å². The minimum absolute atomic E-state index is 0.0471. The van der Waals surface area contributed by atoms with Gasteiger partial charge in [0, 0.05) is 22.8 Å². The van der Waals surface area contributed by atoms with Crippen molar-refractivity contribution < 1.29 is 29.6 Å². The maximum absolute atomic E-state index is 12.1. The van der Waals surface area contributed by atoms with E-state index in [9.17, 15) is 20.1 Å². The van der Waals surface area contributed by atoms with Crippen LogP contribution >= 0.6 is 0 Å². The van der Waals surface area contributed by atoms with E-state index in [4.69, 9.17) is 9.47 Å². The van der Waals surface area contributed by atoms with Crippen LogP contribution in [-0.4, -0.2) is 21.3 Å². The molecule has 1 atom stereocenters. The van der Waals surface area contributed by atoms with Gasteiger partial charge in [0.15, 0.2) is 0 Å². The molecular weight excluding hydrogens is 300 g/mol. The van der Waals surface area contributed by atoms with Gasteiger partial charge in [-0.2, -0.15) is 0 Å². The van der Waals surface area contributed by atoms with E-state index in [1.165, 1.54) is 24.3 Å². The second kappa shape index (κ2) is 5.39. The lowest BCUT2D eigenvalue weighted by atomic mass is 10.0. The van der Waals surface area contributed by atoms with Crippen LogP contribution < -0.4 is 9.47 Å². The molecule has 120 valence electrons. The molecule has 0 spiro atoms. The molecule has 3 N–H and O–H groups in total. The first-order valence-corrected chi connectivity index (χ1v) is 7.09. The Bertz CT molecular complexity index is 796. The molecule has 2 bridgehead atoms. The second-order valence-electron chi connectivity index (χ2n) is 5.50. The van der Waals surface area contributed by atoms with Crippen LogP contribution in [0.4, 0.5) is 0 Å². The summed E-state index contributed by atoms with van der Waals surface area (Å²) >= 11 is 0. The molecule has 0 saturated carbocycles. The monoisotopic (exact) mass is 316 g/mol. The summed E-state index contributed by atoms with van der Waals surface area (Å²) in [5.41, 5.74) is 1.31. The molecule has 23 heavy (non-hydrogen) atoms. The van der Waals surface area contributed by atoms with E-state index in [0.29, 0.717) is 16.9 Å². The van der Waals surface area contributed by atoms with Crippen LogP contribution in [-0.2, 0) is 4.79 Å². The summed E-state index contributed by atoms with van der Waals surface area (Å²) in [6, 6.07) is 5.43. The van der Waals surface area contributed by atoms with Crippen LogP contribution in [0.3, 0.4) is 0 Å². The molecular formula is C17H16O6. The lowest BCUT2D eigenvalue weighted by Crippen LogP contribution is -2.21. The smallest absolute Gasteiger partial charge is 0.315 e. The lowest BCUT2D eigenvalue weighted by Gasteiger charge is -2.25. The largest absolute Gasteiger partial charge is 0.508 e. The average molecular weight is 316 g/mol. The summed E-state index contributed by atoms with van der Waals surface area (Å²) in [6.07, 6.45) is -0.984. The minimum Gasteiger partial charge on any atom is -0.508 e. The number of carbonyl (C=O) groups is 1. The summed E-state index contributed by atoms with van der Waals surface area (Å²) in [4.78, 5) is 12.1. The summed E-state index contributed by atoms with van der Waals surface area (Å²) in [5, 5.41) is 29.6. The molecule has 1 aliphatic rings. The Kier molecular flexibility index (Phi) is 3.52. The van der Waals surface area contributed by atoms with Crippen LogP contribution in [0.15, 0.2) is 24.3 Å². The average Bonchev–Trinajstić information content (AvgIpc) is 2.50. The minimum atomic E-state index is -0.844. The number of hydrogen-bond donors (Lipinski definition) is 3. The molecule has 2 aromatic rings. The third kappa shape index (κ3) is 2.63. The molecule has 1 aliphatic heterocycles. The van der Waals surface area contributed by atoms with Crippen molar-refractivity contribution in [1.29, 1.82) is 0 Å². The first-order valence-electron chi connectivity index (χ1n) is 7.09. The van der Waals surface area contributed by atoms with Crippen molar-refractivity contribution in [3.05, 3.63) is 41.0 Å². The van der Waals surface area contributed by atoms with Gasteiger partial charge in [0.2, 0.25) is 0 Å². The van der Waals surface area contributed by atoms with Crippen LogP contribution in [0.1, 0.15) is 29.2 Å². The third-order valence-electron chi connectivity index (χ3n) is 3.90. The highest BCUT2D eigenvalue weighted by molar-refractivity contribution is 5.76. The summed E-state index contributed by atoms with van der Waals surface area (Å²) in [5.74, 6) is -0.127. The Hall–Kier alpha value is -2.89. The van der Waals surface area contributed by atoms with Crippen LogP contribution in [0, 0.1) is 13.8 Å². The maximum atomic E-state index is 12.1. The topological polar surface area (TPSA) is 96.2 Å². The first kappa shape index (κ1) is 15.0. The van der Waals surface area contributed by atoms with Crippen molar-refractivity contribution >= 4 is 5.97 Å². The van der Waals surface area contributed by atoms with Crippen molar-refractivity contribution in [3.63, 3.8) is 0 Å². The molecule has 6 nitrogen and oxygen atoms in total. The number of phenols is 3. The quantitative estimate of drug-likeness (QED) is 0.425. The van der Waals surface area contributed by atoms with Gasteiger partial charge in [-0.15, -0.1) is 0 Å². The number of aromatic hydroxyl groups is 3. The van der Waals surface area contributed by atoms with Gasteiger partial charge in [-0.05, 0) is 32.0 Å². The van der Waals surface area contributed by atoms with Gasteiger partial charge < -0.3 is 24.8 Å². The Morgan fingerprint density at radius 2 is 1.78 bits per heavy atom. The number of benzene rings is 2. The van der Waals surface area contributed by atoms with Crippen LogP contribution in [0.25, 0.3) is 0 Å². The van der Waals surface area contributed by atoms with Gasteiger partial charge in [-0.3, -0.25) is 4.79 Å². The fourth-order valence-corrected chi connectivity index (χ4v) is 2.60. The number of rotatable bonds is 1. The van der Waals surface area contributed by atoms with Gasteiger partial charge >= 0.3 is 5.97 Å². The molecule has 0 aromatic heterocycles. The van der Waals surface area contributed by atoms with Gasteiger partial charge in [0.05, 0.1) is 6.42 Å². The molecule has 2 aromatic carbocycles. The van der Waals surface area contributed by atoms with Gasteiger partial charge in [0.25, 0.3) is 0 Å². The Labute approximate surface area is 132 Å². The number of phenolic OH excluding ortho intramolecular Hbond substituents is 3. The Morgan fingerprint density at radius 3 is 2.52 bits per heavy atom. The van der Waals surface area contributed by atoms with Crippen molar-refractivity contribution in [2.75, 3.05) is 0 Å². The predicted molar refractivity (Wildman–Crippen MR) is 81.0 cm³/mol. The molecule has 0 amide bonds. The molecule has 0 radical (unpaired) electrons. The number of ether oxygens (including phenoxy) is 2. The highest BCUT2D eigenvalue weighted by Gasteiger charge is 2.28. The molecule has 3 rings (SSSR count). The molecule has 1 heterocycles. The Balaban J connectivity index is 2.11. The van der Waals surface area contributed by atoms with E-state index >= 15 is 0 Å². The molecule has 0 saturated heterocycles. The zero-order chi connectivity index (χ0) is 16.7. The molecule has 0 unspecified atom stereocenters. The third-order valence-corrected chi connectivity index (χ3v) is 3.90. The van der Waals surface area contributed by atoms with E-state index in [-0.39, 0.29) is 35.0 Å². The fraction of sp³-hybridized carbons (Fsp3) is 0.235. The predicted octanol–water partition coefficient (Wildman–Crippen LogP) is 2.85. The second-order valence-corrected chi connectivity index (χ2v) is 5.50. The molecule has 6 heteroatoms. The van der Waals surface area contributed by atoms with Crippen molar-refractivity contribution in [2.24, 2.45) is 0 Å². The maximum Gasteiger partial charge on any atom is 0.315 e. The van der Waals surface area contributed by atoms with E-state index in [0.717, 1.165) is 0 Å². The van der Waals surface area contributed by atoms with E-state index in [1.54, 1.807) is 13.8 Å². The van der Waals surface area contributed by atoms with E-state index in [1.807, 2.05) is 0 Å². The Morgan fingerprint density at radius 1 is 1.04 bits per heavy atom. The van der Waals surface area contributed by atoms with Crippen LogP contribution in [0.2, 0.25) is 0 Å². The van der Waals surface area contributed by atoms with Gasteiger partial charge in [0.1, 0.15) is 34.9 Å². The summed E-state index contributed by atoms with van der Waals surface area (Å²) in [7, 11) is 0. The van der Waals surface area contributed by atoms with Gasteiger partial charge in [-0.1, -0.05) is 0 Å². The normalized spacial score (nSPS) is 17.0. The van der Waals surface area contributed by atoms with Crippen molar-refractivity contribution in [1.82, 2.24) is 0 Å². The summed E-state index contributed by atoms with van der Waals surface area (Å²) < 4.78 is 11.2. The zero-order valence-electron chi connectivity index (χ0n) is 12.7. The van der Waals surface area contributed by atoms with E-state index < -0.39 is 12.1 Å². The summed E-state index contributed by atoms with van der Waals surface area (Å²) in [6.45, 7) is 3.37. The highest BCUT2D eigenvalue weighted by Crippen LogP contribution is 2.43. The van der Waals surface area contributed by atoms with Crippen molar-refractivity contribution in [2.45, 2.75) is 26.4 Å². The SMILES string of the molecule is Cc1c(O)cc2c(C)c1OC(=O)C[C@@H](c1cc(O)ccc1O)O2. The van der Waals surface area contributed by atoms with E-state index in [2.05, 4.69) is 0 Å². The number of esters is 1. The number of carbonyl (C=O) groups excluding carboxylic acids is 1. The fourth-order valence-electron chi connectivity index (χ4n) is 2.60. The molecule has 0 fully saturated rings. The van der Waals surface area contributed by atoms with Crippen LogP contribution in [0.5, 0.6) is 28.7 Å². The zero-order valence-corrected chi connectivity index (χ0v) is 12.7. The number of fused-ring (bicyclic) bond motifs is 2.